The second kappa shape index (κ2) is 6.06. The first kappa shape index (κ1) is 13.1. The first-order valence-corrected chi connectivity index (χ1v) is 7.83. The van der Waals surface area contributed by atoms with Crippen molar-refractivity contribution < 1.29 is 0 Å². The molecular formula is C17H26N2. The molecule has 2 atom stereocenters. The highest BCUT2D eigenvalue weighted by Gasteiger charge is 2.26. The second-order valence-electron chi connectivity index (χ2n) is 6.19. The summed E-state index contributed by atoms with van der Waals surface area (Å²) in [5.41, 5.74) is 3.11. The van der Waals surface area contributed by atoms with Gasteiger partial charge in [0.05, 0.1) is 0 Å². The molecule has 2 unspecified atom stereocenters. The summed E-state index contributed by atoms with van der Waals surface area (Å²) in [6, 6.07) is 9.69. The molecule has 0 amide bonds. The van der Waals surface area contributed by atoms with Crippen LogP contribution >= 0.6 is 0 Å². The maximum atomic E-state index is 3.54. The molecule has 0 aromatic heterocycles. The smallest absolute Gasteiger partial charge is 0.0236 e. The van der Waals surface area contributed by atoms with Crippen LogP contribution in [0.2, 0.25) is 0 Å². The molecule has 1 aliphatic carbocycles. The Kier molecular flexibility index (Phi) is 4.19. The Hall–Kier alpha value is -0.860. The van der Waals surface area contributed by atoms with Crippen LogP contribution in [0.5, 0.6) is 0 Å². The van der Waals surface area contributed by atoms with E-state index in [0.717, 1.165) is 18.5 Å². The highest BCUT2D eigenvalue weighted by Crippen LogP contribution is 2.27. The highest BCUT2D eigenvalue weighted by atomic mass is 15.1. The van der Waals surface area contributed by atoms with Crippen molar-refractivity contribution in [1.29, 1.82) is 0 Å². The third kappa shape index (κ3) is 3.01. The standard InChI is InChI=1S/C17H26N2/c1-18-17-9-5-4-8-16(17)13-19-11-10-14-6-2-3-7-15(14)12-19/h2-3,6-7,16-18H,4-5,8-13H2,1H3. The minimum atomic E-state index is 0.742. The predicted molar refractivity (Wildman–Crippen MR) is 80.2 cm³/mol. The molecular weight excluding hydrogens is 232 g/mol. The van der Waals surface area contributed by atoms with E-state index in [-0.39, 0.29) is 0 Å². The zero-order valence-corrected chi connectivity index (χ0v) is 12.1. The molecule has 1 heterocycles. The molecule has 0 radical (unpaired) electrons. The Balaban J connectivity index is 1.62. The van der Waals surface area contributed by atoms with E-state index in [2.05, 4.69) is 41.5 Å². The maximum absolute atomic E-state index is 3.54. The minimum absolute atomic E-state index is 0.742. The number of rotatable bonds is 3. The predicted octanol–water partition coefficient (Wildman–Crippen LogP) is 2.82. The van der Waals surface area contributed by atoms with Crippen molar-refractivity contribution in [2.24, 2.45) is 5.92 Å². The lowest BCUT2D eigenvalue weighted by Gasteiger charge is -2.37. The lowest BCUT2D eigenvalue weighted by molar-refractivity contribution is 0.161. The van der Waals surface area contributed by atoms with E-state index < -0.39 is 0 Å². The molecule has 1 fully saturated rings. The fourth-order valence-corrected chi connectivity index (χ4v) is 3.85. The summed E-state index contributed by atoms with van der Waals surface area (Å²) in [7, 11) is 2.13. The van der Waals surface area contributed by atoms with E-state index >= 15 is 0 Å². The van der Waals surface area contributed by atoms with Gasteiger partial charge in [0, 0.05) is 25.7 Å². The van der Waals surface area contributed by atoms with Crippen LogP contribution in [0.15, 0.2) is 24.3 Å². The van der Waals surface area contributed by atoms with E-state index in [1.54, 1.807) is 11.1 Å². The summed E-state index contributed by atoms with van der Waals surface area (Å²) in [4.78, 5) is 2.67. The van der Waals surface area contributed by atoms with Gasteiger partial charge in [-0.1, -0.05) is 37.1 Å². The molecule has 1 aromatic carbocycles. The van der Waals surface area contributed by atoms with Gasteiger partial charge in [0.2, 0.25) is 0 Å². The molecule has 0 spiro atoms. The largest absolute Gasteiger partial charge is 0.317 e. The molecule has 2 aliphatic rings. The average molecular weight is 258 g/mol. The van der Waals surface area contributed by atoms with E-state index in [1.165, 1.54) is 45.2 Å². The Morgan fingerprint density at radius 1 is 1.16 bits per heavy atom. The fourth-order valence-electron chi connectivity index (χ4n) is 3.85. The molecule has 0 saturated heterocycles. The van der Waals surface area contributed by atoms with E-state index in [4.69, 9.17) is 0 Å². The van der Waals surface area contributed by atoms with Crippen molar-refractivity contribution in [3.63, 3.8) is 0 Å². The van der Waals surface area contributed by atoms with Crippen LogP contribution in [0.25, 0.3) is 0 Å². The number of hydrogen-bond donors (Lipinski definition) is 1. The van der Waals surface area contributed by atoms with Gasteiger partial charge in [-0.05, 0) is 43.4 Å². The van der Waals surface area contributed by atoms with Crippen molar-refractivity contribution in [3.8, 4) is 0 Å². The van der Waals surface area contributed by atoms with Crippen LogP contribution < -0.4 is 5.32 Å². The molecule has 1 aliphatic heterocycles. The van der Waals surface area contributed by atoms with Gasteiger partial charge in [0.25, 0.3) is 0 Å². The van der Waals surface area contributed by atoms with E-state index in [0.29, 0.717) is 0 Å². The van der Waals surface area contributed by atoms with Crippen LogP contribution in [-0.4, -0.2) is 31.1 Å². The summed E-state index contributed by atoms with van der Waals surface area (Å²) < 4.78 is 0. The fraction of sp³-hybridized carbons (Fsp3) is 0.647. The van der Waals surface area contributed by atoms with Gasteiger partial charge < -0.3 is 5.32 Å². The van der Waals surface area contributed by atoms with Crippen molar-refractivity contribution >= 4 is 0 Å². The van der Waals surface area contributed by atoms with Crippen molar-refractivity contribution in [3.05, 3.63) is 35.4 Å². The molecule has 1 N–H and O–H groups in total. The zero-order valence-electron chi connectivity index (χ0n) is 12.1. The lowest BCUT2D eigenvalue weighted by atomic mass is 9.83. The number of hydrogen-bond acceptors (Lipinski definition) is 2. The van der Waals surface area contributed by atoms with Crippen molar-refractivity contribution in [2.45, 2.75) is 44.7 Å². The number of nitrogens with zero attached hydrogens (tertiary/aromatic N) is 1. The molecule has 0 bridgehead atoms. The normalized spacial score (nSPS) is 28.1. The van der Waals surface area contributed by atoms with Crippen LogP contribution in [0.1, 0.15) is 36.8 Å². The molecule has 19 heavy (non-hydrogen) atoms. The zero-order chi connectivity index (χ0) is 13.1. The average Bonchev–Trinajstić information content (AvgIpc) is 2.48. The Morgan fingerprint density at radius 3 is 2.79 bits per heavy atom. The molecule has 1 saturated carbocycles. The second-order valence-corrected chi connectivity index (χ2v) is 6.19. The highest BCUT2D eigenvalue weighted by molar-refractivity contribution is 5.29. The van der Waals surface area contributed by atoms with Gasteiger partial charge >= 0.3 is 0 Å². The summed E-state index contributed by atoms with van der Waals surface area (Å²) >= 11 is 0. The van der Waals surface area contributed by atoms with Gasteiger partial charge in [0.1, 0.15) is 0 Å². The van der Waals surface area contributed by atoms with Crippen LogP contribution in [-0.2, 0) is 13.0 Å². The topological polar surface area (TPSA) is 15.3 Å². The summed E-state index contributed by atoms with van der Waals surface area (Å²) in [5, 5.41) is 3.54. The molecule has 3 rings (SSSR count). The molecule has 2 nitrogen and oxygen atoms in total. The third-order valence-electron chi connectivity index (χ3n) is 4.98. The first-order chi connectivity index (χ1) is 9.36. The summed E-state index contributed by atoms with van der Waals surface area (Å²) in [6.07, 6.45) is 6.83. The molecule has 2 heteroatoms. The van der Waals surface area contributed by atoms with E-state index in [9.17, 15) is 0 Å². The first-order valence-electron chi connectivity index (χ1n) is 7.83. The third-order valence-corrected chi connectivity index (χ3v) is 4.98. The SMILES string of the molecule is CNC1CCCCC1CN1CCc2ccccc2C1. The van der Waals surface area contributed by atoms with Crippen LogP contribution in [0, 0.1) is 5.92 Å². The monoisotopic (exact) mass is 258 g/mol. The Labute approximate surface area is 117 Å². The van der Waals surface area contributed by atoms with Gasteiger partial charge in [-0.3, -0.25) is 4.90 Å². The number of fused-ring (bicyclic) bond motifs is 1. The number of benzene rings is 1. The summed E-state index contributed by atoms with van der Waals surface area (Å²) in [6.45, 7) is 3.67. The minimum Gasteiger partial charge on any atom is -0.317 e. The van der Waals surface area contributed by atoms with Crippen molar-refractivity contribution in [2.75, 3.05) is 20.1 Å². The lowest BCUT2D eigenvalue weighted by Crippen LogP contribution is -2.44. The summed E-state index contributed by atoms with van der Waals surface area (Å²) in [5.74, 6) is 0.851. The van der Waals surface area contributed by atoms with Crippen molar-refractivity contribution in [1.82, 2.24) is 10.2 Å². The Morgan fingerprint density at radius 2 is 1.95 bits per heavy atom. The van der Waals surface area contributed by atoms with Gasteiger partial charge in [-0.15, -0.1) is 0 Å². The Bertz CT molecular complexity index is 415. The van der Waals surface area contributed by atoms with Gasteiger partial charge in [-0.25, -0.2) is 0 Å². The molecule has 1 aromatic rings. The van der Waals surface area contributed by atoms with E-state index in [1.807, 2.05) is 0 Å². The number of nitrogens with one attached hydrogen (secondary N) is 1. The van der Waals surface area contributed by atoms with Crippen LogP contribution in [0.4, 0.5) is 0 Å². The van der Waals surface area contributed by atoms with Crippen LogP contribution in [0.3, 0.4) is 0 Å². The van der Waals surface area contributed by atoms with Gasteiger partial charge in [0.15, 0.2) is 0 Å². The maximum Gasteiger partial charge on any atom is 0.0236 e. The molecule has 104 valence electrons. The van der Waals surface area contributed by atoms with Gasteiger partial charge in [-0.2, -0.15) is 0 Å². The quantitative estimate of drug-likeness (QED) is 0.897.